The second-order valence-corrected chi connectivity index (χ2v) is 4.87. The molecule has 1 amide bonds. The summed E-state index contributed by atoms with van der Waals surface area (Å²) in [4.78, 5) is 12.0. The van der Waals surface area contributed by atoms with Gasteiger partial charge in [0.1, 0.15) is 12.4 Å². The zero-order chi connectivity index (χ0) is 15.2. The van der Waals surface area contributed by atoms with Crippen LogP contribution in [0.25, 0.3) is 0 Å². The van der Waals surface area contributed by atoms with Crippen molar-refractivity contribution >= 4 is 5.91 Å². The van der Waals surface area contributed by atoms with Crippen molar-refractivity contribution in [2.24, 2.45) is 0 Å². The van der Waals surface area contributed by atoms with Gasteiger partial charge >= 0.3 is 0 Å². The Morgan fingerprint density at radius 3 is 2.90 bits per heavy atom. The lowest BCUT2D eigenvalue weighted by Gasteiger charge is -2.35. The number of aliphatic hydroxyl groups is 1. The van der Waals surface area contributed by atoms with Gasteiger partial charge in [0, 0.05) is 18.2 Å². The minimum absolute atomic E-state index is 0.0889. The van der Waals surface area contributed by atoms with E-state index in [2.05, 4.69) is 17.2 Å². The highest BCUT2D eigenvalue weighted by molar-refractivity contribution is 5.94. The number of aliphatic hydroxyl groups excluding tert-OH is 1. The molecule has 0 radical (unpaired) electrons. The van der Waals surface area contributed by atoms with Gasteiger partial charge in [-0.15, -0.1) is 0 Å². The highest BCUT2D eigenvalue weighted by Gasteiger charge is 2.30. The van der Waals surface area contributed by atoms with E-state index in [1.54, 1.807) is 0 Å². The molecule has 2 N–H and O–H groups in total. The smallest absolute Gasteiger partial charge is 0.251 e. The van der Waals surface area contributed by atoms with Gasteiger partial charge in [-0.05, 0) is 38.0 Å². The molecule has 112 valence electrons. The van der Waals surface area contributed by atoms with Crippen LogP contribution >= 0.6 is 0 Å². The van der Waals surface area contributed by atoms with E-state index < -0.39 is 5.82 Å². The van der Waals surface area contributed by atoms with E-state index in [4.69, 9.17) is 9.84 Å². The minimum atomic E-state index is -0.565. The molecular weight excluding hydrogens is 273 g/mol. The van der Waals surface area contributed by atoms with E-state index in [-0.39, 0.29) is 35.8 Å². The lowest BCUT2D eigenvalue weighted by Crippen LogP contribution is -2.47. The molecule has 21 heavy (non-hydrogen) atoms. The van der Waals surface area contributed by atoms with Crippen molar-refractivity contribution < 1.29 is 19.0 Å². The number of carbonyl (C=O) groups is 1. The summed E-state index contributed by atoms with van der Waals surface area (Å²) in [6.45, 7) is 2.28. The predicted molar refractivity (Wildman–Crippen MR) is 76.3 cm³/mol. The summed E-state index contributed by atoms with van der Waals surface area (Å²) in [5, 5.41) is 11.4. The largest absolute Gasteiger partial charge is 0.384 e. The predicted octanol–water partition coefficient (Wildman–Crippen LogP) is 1.47. The maximum Gasteiger partial charge on any atom is 0.251 e. The first-order chi connectivity index (χ1) is 10.1. The number of rotatable bonds is 4. The van der Waals surface area contributed by atoms with Crippen LogP contribution in [0.4, 0.5) is 4.39 Å². The molecule has 2 rings (SSSR count). The number of carbonyl (C=O) groups excluding carboxylic acids is 1. The third-order valence-electron chi connectivity index (χ3n) is 3.37. The summed E-state index contributed by atoms with van der Waals surface area (Å²) in [7, 11) is 0. The van der Waals surface area contributed by atoms with Crippen molar-refractivity contribution in [3.8, 4) is 11.8 Å². The minimum Gasteiger partial charge on any atom is -0.384 e. The molecule has 0 spiro atoms. The molecule has 1 aromatic carbocycles. The second-order valence-electron chi connectivity index (χ2n) is 4.87. The van der Waals surface area contributed by atoms with Gasteiger partial charge in [-0.1, -0.05) is 11.8 Å². The third kappa shape index (κ3) is 4.03. The fraction of sp³-hybridized carbons (Fsp3) is 0.438. The zero-order valence-corrected chi connectivity index (χ0v) is 11.9. The molecule has 0 atom stereocenters. The lowest BCUT2D eigenvalue weighted by molar-refractivity contribution is -0.00863. The van der Waals surface area contributed by atoms with Gasteiger partial charge in [0.15, 0.2) is 0 Å². The van der Waals surface area contributed by atoms with Crippen molar-refractivity contribution in [1.82, 2.24) is 5.32 Å². The van der Waals surface area contributed by atoms with E-state index in [0.29, 0.717) is 6.61 Å². The number of benzene rings is 1. The van der Waals surface area contributed by atoms with Crippen LogP contribution in [-0.2, 0) is 4.74 Å². The van der Waals surface area contributed by atoms with Gasteiger partial charge < -0.3 is 15.2 Å². The molecule has 1 aromatic rings. The molecule has 0 bridgehead atoms. The molecule has 1 aliphatic rings. The molecule has 0 aromatic heterocycles. The maximum absolute atomic E-state index is 13.7. The Bertz CT molecular complexity index is 571. The first-order valence-electron chi connectivity index (χ1n) is 6.95. The molecular formula is C16H18FNO3. The summed E-state index contributed by atoms with van der Waals surface area (Å²) in [6.07, 6.45) is 1.80. The first-order valence-corrected chi connectivity index (χ1v) is 6.95. The van der Waals surface area contributed by atoms with Crippen LogP contribution in [0.15, 0.2) is 18.2 Å². The van der Waals surface area contributed by atoms with E-state index in [9.17, 15) is 9.18 Å². The van der Waals surface area contributed by atoms with Crippen LogP contribution in [0.3, 0.4) is 0 Å². The van der Waals surface area contributed by atoms with Crippen LogP contribution < -0.4 is 5.32 Å². The molecule has 1 fully saturated rings. The monoisotopic (exact) mass is 291 g/mol. The van der Waals surface area contributed by atoms with Crippen LogP contribution in [0.1, 0.15) is 35.7 Å². The number of amides is 1. The normalized spacial score (nSPS) is 20.1. The van der Waals surface area contributed by atoms with Crippen molar-refractivity contribution in [3.05, 3.63) is 35.1 Å². The Balaban J connectivity index is 1.93. The second kappa shape index (κ2) is 7.21. The highest BCUT2D eigenvalue weighted by Crippen LogP contribution is 2.23. The van der Waals surface area contributed by atoms with Gasteiger partial charge in [0.05, 0.1) is 11.7 Å². The standard InChI is InChI=1S/C16H18FNO3/c1-2-21-14-9-13(10-14)18-16(20)12-6-5-11(4-3-7-19)15(17)8-12/h5-6,8,13-14,19H,2,7,9-10H2,1H3,(H,18,20). The summed E-state index contributed by atoms with van der Waals surface area (Å²) in [6, 6.07) is 4.22. The van der Waals surface area contributed by atoms with Crippen LogP contribution in [0, 0.1) is 17.7 Å². The molecule has 4 nitrogen and oxygen atoms in total. The molecule has 0 aliphatic heterocycles. The summed E-state index contributed by atoms with van der Waals surface area (Å²) in [5.74, 6) is 4.00. The third-order valence-corrected chi connectivity index (χ3v) is 3.37. The Hall–Kier alpha value is -1.90. The van der Waals surface area contributed by atoms with Gasteiger partial charge in [-0.2, -0.15) is 0 Å². The summed E-state index contributed by atoms with van der Waals surface area (Å²) in [5.41, 5.74) is 0.433. The topological polar surface area (TPSA) is 58.6 Å². The quantitative estimate of drug-likeness (QED) is 0.826. The lowest BCUT2D eigenvalue weighted by atomic mass is 9.89. The van der Waals surface area contributed by atoms with E-state index in [0.717, 1.165) is 18.9 Å². The molecule has 0 saturated heterocycles. The Kier molecular flexibility index (Phi) is 5.32. The van der Waals surface area contributed by atoms with E-state index >= 15 is 0 Å². The van der Waals surface area contributed by atoms with Crippen LogP contribution in [0.2, 0.25) is 0 Å². The number of halogens is 1. The first kappa shape index (κ1) is 15.5. The Labute approximate surface area is 123 Å². The molecule has 0 unspecified atom stereocenters. The highest BCUT2D eigenvalue weighted by atomic mass is 19.1. The Morgan fingerprint density at radius 2 is 2.29 bits per heavy atom. The van der Waals surface area contributed by atoms with Gasteiger partial charge in [-0.3, -0.25) is 4.79 Å². The number of ether oxygens (including phenoxy) is 1. The molecule has 0 heterocycles. The van der Waals surface area contributed by atoms with Gasteiger partial charge in [0.25, 0.3) is 5.91 Å². The summed E-state index contributed by atoms with van der Waals surface area (Å²) < 4.78 is 19.2. The average molecular weight is 291 g/mol. The van der Waals surface area contributed by atoms with Crippen molar-refractivity contribution in [2.45, 2.75) is 31.9 Å². The SMILES string of the molecule is CCOC1CC(NC(=O)c2ccc(C#CCO)c(F)c2)C1. The number of hydrogen-bond donors (Lipinski definition) is 2. The van der Waals surface area contributed by atoms with Crippen molar-refractivity contribution in [3.63, 3.8) is 0 Å². The average Bonchev–Trinajstić information content (AvgIpc) is 2.43. The van der Waals surface area contributed by atoms with Crippen LogP contribution in [-0.4, -0.2) is 36.4 Å². The molecule has 1 aliphatic carbocycles. The molecule has 5 heteroatoms. The fourth-order valence-electron chi connectivity index (χ4n) is 2.22. The zero-order valence-electron chi connectivity index (χ0n) is 11.9. The van der Waals surface area contributed by atoms with Crippen LogP contribution in [0.5, 0.6) is 0 Å². The van der Waals surface area contributed by atoms with Crippen molar-refractivity contribution in [2.75, 3.05) is 13.2 Å². The van der Waals surface area contributed by atoms with Gasteiger partial charge in [0.2, 0.25) is 0 Å². The Morgan fingerprint density at radius 1 is 1.52 bits per heavy atom. The fourth-order valence-corrected chi connectivity index (χ4v) is 2.22. The van der Waals surface area contributed by atoms with Crippen molar-refractivity contribution in [1.29, 1.82) is 0 Å². The molecule has 1 saturated carbocycles. The maximum atomic E-state index is 13.7. The summed E-state index contributed by atoms with van der Waals surface area (Å²) >= 11 is 0. The van der Waals surface area contributed by atoms with E-state index in [1.807, 2.05) is 6.92 Å². The number of hydrogen-bond acceptors (Lipinski definition) is 3. The van der Waals surface area contributed by atoms with Gasteiger partial charge in [-0.25, -0.2) is 4.39 Å². The van der Waals surface area contributed by atoms with E-state index in [1.165, 1.54) is 12.1 Å². The number of nitrogens with one attached hydrogen (secondary N) is 1.